The predicted molar refractivity (Wildman–Crippen MR) is 52.6 cm³/mol. The van der Waals surface area contributed by atoms with Crippen LogP contribution in [0.3, 0.4) is 0 Å². The highest BCUT2D eigenvalue weighted by Gasteiger charge is 2.08. The average molecular weight is 197 g/mol. The maximum atomic E-state index is 10.7. The Morgan fingerprint density at radius 2 is 1.92 bits per heavy atom. The first-order valence-electron chi connectivity index (χ1n) is 3.76. The van der Waals surface area contributed by atoms with E-state index in [1.807, 2.05) is 19.1 Å². The number of hydrogen-bond acceptors (Lipinski definition) is 1. The lowest BCUT2D eigenvalue weighted by atomic mass is 10.1. The van der Waals surface area contributed by atoms with E-state index in [0.717, 1.165) is 11.1 Å². The number of halogens is 1. The smallest absolute Gasteiger partial charge is 0.337 e. The zero-order valence-electron chi connectivity index (χ0n) is 7.12. The van der Waals surface area contributed by atoms with Gasteiger partial charge in [-0.25, -0.2) is 4.79 Å². The molecule has 0 aliphatic heterocycles. The van der Waals surface area contributed by atoms with Crippen LogP contribution in [0, 0.1) is 6.92 Å². The maximum Gasteiger partial charge on any atom is 0.337 e. The highest BCUT2D eigenvalue weighted by atomic mass is 35.5. The molecular formula is C10H9ClO2. The van der Waals surface area contributed by atoms with Gasteiger partial charge < -0.3 is 5.11 Å². The normalized spacial score (nSPS) is 11.4. The largest absolute Gasteiger partial charge is 0.478 e. The fraction of sp³-hybridized carbons (Fsp3) is 0.100. The lowest BCUT2D eigenvalue weighted by molar-refractivity contribution is -0.130. The first-order chi connectivity index (χ1) is 6.15. The summed E-state index contributed by atoms with van der Waals surface area (Å²) in [7, 11) is 0. The number of rotatable bonds is 2. The summed E-state index contributed by atoms with van der Waals surface area (Å²) in [5, 5.41) is 8.74. The van der Waals surface area contributed by atoms with E-state index in [1.165, 1.54) is 0 Å². The van der Waals surface area contributed by atoms with Crippen molar-refractivity contribution in [1.82, 2.24) is 0 Å². The Bertz CT molecular complexity index is 338. The molecule has 0 aliphatic rings. The van der Waals surface area contributed by atoms with Crippen LogP contribution in [-0.4, -0.2) is 11.1 Å². The van der Waals surface area contributed by atoms with Crippen LogP contribution in [0.25, 0.3) is 5.57 Å². The fourth-order valence-electron chi connectivity index (χ4n) is 0.966. The third kappa shape index (κ3) is 2.33. The van der Waals surface area contributed by atoms with Gasteiger partial charge in [0.15, 0.2) is 0 Å². The number of benzene rings is 1. The van der Waals surface area contributed by atoms with Gasteiger partial charge in [-0.05, 0) is 12.5 Å². The van der Waals surface area contributed by atoms with E-state index in [9.17, 15) is 4.79 Å². The number of aliphatic carboxylic acids is 1. The van der Waals surface area contributed by atoms with Crippen LogP contribution in [-0.2, 0) is 4.79 Å². The molecule has 68 valence electrons. The molecule has 0 fully saturated rings. The molecule has 13 heavy (non-hydrogen) atoms. The standard InChI is InChI=1S/C10H9ClO2/c1-7-2-4-8(5-3-7)9(6-11)10(12)13/h2-6H,1H3,(H,12,13)/b9-6-. The highest BCUT2D eigenvalue weighted by Crippen LogP contribution is 2.16. The Hall–Kier alpha value is -1.28. The van der Waals surface area contributed by atoms with Crippen molar-refractivity contribution < 1.29 is 9.90 Å². The van der Waals surface area contributed by atoms with E-state index in [0.29, 0.717) is 5.56 Å². The summed E-state index contributed by atoms with van der Waals surface area (Å²) in [6, 6.07) is 7.16. The lowest BCUT2D eigenvalue weighted by Crippen LogP contribution is -1.98. The van der Waals surface area contributed by atoms with Gasteiger partial charge >= 0.3 is 5.97 Å². The number of hydrogen-bond donors (Lipinski definition) is 1. The van der Waals surface area contributed by atoms with Crippen molar-refractivity contribution in [3.05, 3.63) is 40.9 Å². The summed E-state index contributed by atoms with van der Waals surface area (Å²) in [6.07, 6.45) is 0. The topological polar surface area (TPSA) is 37.3 Å². The second-order valence-electron chi connectivity index (χ2n) is 2.69. The first kappa shape index (κ1) is 9.81. The number of aryl methyl sites for hydroxylation is 1. The van der Waals surface area contributed by atoms with Crippen molar-refractivity contribution in [2.45, 2.75) is 6.92 Å². The van der Waals surface area contributed by atoms with E-state index >= 15 is 0 Å². The molecule has 1 rings (SSSR count). The van der Waals surface area contributed by atoms with Crippen molar-refractivity contribution in [3.63, 3.8) is 0 Å². The molecule has 0 bridgehead atoms. The third-order valence-corrected chi connectivity index (χ3v) is 1.92. The van der Waals surface area contributed by atoms with Crippen molar-refractivity contribution >= 4 is 23.1 Å². The zero-order chi connectivity index (χ0) is 9.84. The Balaban J connectivity index is 3.07. The molecule has 0 aliphatic carbocycles. The van der Waals surface area contributed by atoms with E-state index < -0.39 is 5.97 Å². The van der Waals surface area contributed by atoms with Crippen LogP contribution in [0.15, 0.2) is 29.8 Å². The predicted octanol–water partition coefficient (Wildman–Crippen LogP) is 2.66. The van der Waals surface area contributed by atoms with Gasteiger partial charge in [0.1, 0.15) is 0 Å². The zero-order valence-corrected chi connectivity index (χ0v) is 7.88. The fourth-order valence-corrected chi connectivity index (χ4v) is 1.19. The number of carboxylic acid groups (broad SMARTS) is 1. The van der Waals surface area contributed by atoms with Crippen LogP contribution < -0.4 is 0 Å². The molecule has 2 nitrogen and oxygen atoms in total. The summed E-state index contributed by atoms with van der Waals surface area (Å²) in [4.78, 5) is 10.7. The minimum atomic E-state index is -1.01. The Morgan fingerprint density at radius 1 is 1.38 bits per heavy atom. The van der Waals surface area contributed by atoms with E-state index in [4.69, 9.17) is 16.7 Å². The Labute approximate surface area is 81.5 Å². The van der Waals surface area contributed by atoms with Crippen LogP contribution in [0.2, 0.25) is 0 Å². The molecule has 0 amide bonds. The van der Waals surface area contributed by atoms with E-state index in [-0.39, 0.29) is 5.57 Å². The molecule has 1 N–H and O–H groups in total. The molecule has 3 heteroatoms. The number of carbonyl (C=O) groups is 1. The second kappa shape index (κ2) is 4.10. The second-order valence-corrected chi connectivity index (χ2v) is 2.91. The molecule has 0 unspecified atom stereocenters. The summed E-state index contributed by atoms with van der Waals surface area (Å²) in [5.41, 5.74) is 2.89. The molecule has 0 aromatic heterocycles. The van der Waals surface area contributed by atoms with Crippen LogP contribution in [0.4, 0.5) is 0 Å². The monoisotopic (exact) mass is 196 g/mol. The molecule has 0 heterocycles. The van der Waals surface area contributed by atoms with Gasteiger partial charge in [-0.2, -0.15) is 0 Å². The molecule has 0 spiro atoms. The highest BCUT2D eigenvalue weighted by molar-refractivity contribution is 6.34. The van der Waals surface area contributed by atoms with Gasteiger partial charge in [0.2, 0.25) is 0 Å². The van der Waals surface area contributed by atoms with Crippen molar-refractivity contribution in [2.75, 3.05) is 0 Å². The lowest BCUT2D eigenvalue weighted by Gasteiger charge is -2.00. The minimum Gasteiger partial charge on any atom is -0.478 e. The van der Waals surface area contributed by atoms with Gasteiger partial charge in [-0.3, -0.25) is 0 Å². The summed E-state index contributed by atoms with van der Waals surface area (Å²) < 4.78 is 0. The number of carboxylic acids is 1. The van der Waals surface area contributed by atoms with Crippen LogP contribution in [0.5, 0.6) is 0 Å². The van der Waals surface area contributed by atoms with Crippen LogP contribution >= 0.6 is 11.6 Å². The molecule has 0 saturated carbocycles. The van der Waals surface area contributed by atoms with Gasteiger partial charge in [0.05, 0.1) is 5.57 Å². The molecular weight excluding hydrogens is 188 g/mol. The molecule has 1 aromatic carbocycles. The molecule has 0 radical (unpaired) electrons. The Kier molecular flexibility index (Phi) is 3.09. The average Bonchev–Trinajstić information content (AvgIpc) is 2.09. The first-order valence-corrected chi connectivity index (χ1v) is 4.19. The third-order valence-electron chi connectivity index (χ3n) is 1.70. The summed E-state index contributed by atoms with van der Waals surface area (Å²) >= 11 is 5.39. The van der Waals surface area contributed by atoms with Crippen molar-refractivity contribution in [2.24, 2.45) is 0 Å². The van der Waals surface area contributed by atoms with Gasteiger partial charge in [0, 0.05) is 5.54 Å². The molecule has 0 saturated heterocycles. The van der Waals surface area contributed by atoms with Gasteiger partial charge in [0.25, 0.3) is 0 Å². The van der Waals surface area contributed by atoms with Crippen molar-refractivity contribution in [3.8, 4) is 0 Å². The molecule has 0 atom stereocenters. The maximum absolute atomic E-state index is 10.7. The van der Waals surface area contributed by atoms with Gasteiger partial charge in [-0.1, -0.05) is 41.4 Å². The summed E-state index contributed by atoms with van der Waals surface area (Å²) in [5.74, 6) is -1.01. The quantitative estimate of drug-likeness (QED) is 0.739. The Morgan fingerprint density at radius 3 is 2.31 bits per heavy atom. The van der Waals surface area contributed by atoms with E-state index in [1.54, 1.807) is 12.1 Å². The van der Waals surface area contributed by atoms with E-state index in [2.05, 4.69) is 0 Å². The SMILES string of the molecule is Cc1ccc(/C(=C/Cl)C(=O)O)cc1. The summed E-state index contributed by atoms with van der Waals surface area (Å²) in [6.45, 7) is 1.94. The molecule has 1 aromatic rings. The van der Waals surface area contributed by atoms with Gasteiger partial charge in [-0.15, -0.1) is 0 Å². The minimum absolute atomic E-state index is 0.113. The van der Waals surface area contributed by atoms with Crippen LogP contribution in [0.1, 0.15) is 11.1 Å². The van der Waals surface area contributed by atoms with Crippen molar-refractivity contribution in [1.29, 1.82) is 0 Å².